The quantitative estimate of drug-likeness (QED) is 0.304. The van der Waals surface area contributed by atoms with Gasteiger partial charge in [-0.1, -0.05) is 43.7 Å². The van der Waals surface area contributed by atoms with Crippen LogP contribution in [0.1, 0.15) is 44.7 Å². The predicted octanol–water partition coefficient (Wildman–Crippen LogP) is 5.06. The molecule has 0 aliphatic heterocycles. The van der Waals surface area contributed by atoms with Crippen molar-refractivity contribution in [2.75, 3.05) is 18.0 Å². The standard InChI is InChI=1S/C31H38FN3O5S/c1-6-23(4)33-31(37)29(7-2)34(20-24-10-16-27(40-5)17-11-24)30(36)21-35(26-14-8-22(3)9-15-26)41(38,39)28-18-12-25(32)13-19-28/h8-19,23,29H,6-7,20-21H2,1-5H3,(H,33,37)/t23-,29-/m0/s1. The number of aryl methyl sites for hydroxylation is 1. The number of amides is 2. The van der Waals surface area contributed by atoms with Crippen LogP contribution in [-0.2, 0) is 26.2 Å². The number of benzene rings is 3. The number of anilines is 1. The number of methoxy groups -OCH3 is 1. The average molecular weight is 584 g/mol. The molecule has 0 unspecified atom stereocenters. The Hall–Kier alpha value is -3.92. The van der Waals surface area contributed by atoms with Crippen molar-refractivity contribution in [2.45, 2.75) is 64.1 Å². The third kappa shape index (κ3) is 8.07. The monoisotopic (exact) mass is 583 g/mol. The molecule has 0 aliphatic rings. The molecule has 10 heteroatoms. The zero-order chi connectivity index (χ0) is 30.2. The van der Waals surface area contributed by atoms with E-state index >= 15 is 0 Å². The van der Waals surface area contributed by atoms with Crippen LogP contribution in [0.3, 0.4) is 0 Å². The second-order valence-electron chi connectivity index (χ2n) is 9.91. The Kier molecular flexibility index (Phi) is 10.9. The highest BCUT2D eigenvalue weighted by Gasteiger charge is 2.34. The van der Waals surface area contributed by atoms with E-state index in [4.69, 9.17) is 4.74 Å². The van der Waals surface area contributed by atoms with Gasteiger partial charge in [0.25, 0.3) is 10.0 Å². The van der Waals surface area contributed by atoms with E-state index in [1.807, 2.05) is 27.7 Å². The Labute approximate surface area is 242 Å². The van der Waals surface area contributed by atoms with Gasteiger partial charge in [0.2, 0.25) is 11.8 Å². The number of ether oxygens (including phenoxy) is 1. The lowest BCUT2D eigenvalue weighted by Gasteiger charge is -2.33. The molecule has 0 saturated carbocycles. The van der Waals surface area contributed by atoms with Gasteiger partial charge in [-0.2, -0.15) is 0 Å². The summed E-state index contributed by atoms with van der Waals surface area (Å²) in [5.74, 6) is -0.806. The van der Waals surface area contributed by atoms with Crippen LogP contribution >= 0.6 is 0 Å². The Morgan fingerprint density at radius 2 is 1.54 bits per heavy atom. The second-order valence-corrected chi connectivity index (χ2v) is 11.8. The lowest BCUT2D eigenvalue weighted by Crippen LogP contribution is -2.53. The van der Waals surface area contributed by atoms with Gasteiger partial charge < -0.3 is 15.0 Å². The number of carbonyl (C=O) groups excluding carboxylic acids is 2. The molecule has 0 saturated heterocycles. The Morgan fingerprint density at radius 3 is 2.07 bits per heavy atom. The van der Waals surface area contributed by atoms with Crippen LogP contribution in [0.4, 0.5) is 10.1 Å². The fourth-order valence-corrected chi connectivity index (χ4v) is 5.68. The summed E-state index contributed by atoms with van der Waals surface area (Å²) in [6, 6.07) is 17.4. The lowest BCUT2D eigenvalue weighted by atomic mass is 10.1. The van der Waals surface area contributed by atoms with Crippen LogP contribution in [0.2, 0.25) is 0 Å². The van der Waals surface area contributed by atoms with Crippen LogP contribution < -0.4 is 14.4 Å². The maximum absolute atomic E-state index is 14.1. The van der Waals surface area contributed by atoms with Crippen molar-refractivity contribution in [3.8, 4) is 5.75 Å². The van der Waals surface area contributed by atoms with E-state index in [-0.39, 0.29) is 29.1 Å². The molecule has 0 aliphatic carbocycles. The van der Waals surface area contributed by atoms with E-state index < -0.39 is 34.3 Å². The Bertz CT molecular complexity index is 1410. The molecule has 8 nitrogen and oxygen atoms in total. The summed E-state index contributed by atoms with van der Waals surface area (Å²) >= 11 is 0. The predicted molar refractivity (Wildman–Crippen MR) is 158 cm³/mol. The summed E-state index contributed by atoms with van der Waals surface area (Å²) in [4.78, 5) is 28.7. The molecule has 0 radical (unpaired) electrons. The van der Waals surface area contributed by atoms with Crippen molar-refractivity contribution in [3.05, 3.63) is 89.7 Å². The molecule has 41 heavy (non-hydrogen) atoms. The number of carbonyl (C=O) groups is 2. The molecule has 3 rings (SSSR count). The van der Waals surface area contributed by atoms with Crippen LogP contribution in [0.15, 0.2) is 77.7 Å². The summed E-state index contributed by atoms with van der Waals surface area (Å²) in [5.41, 5.74) is 1.93. The number of hydrogen-bond acceptors (Lipinski definition) is 5. The molecule has 0 aromatic heterocycles. The highest BCUT2D eigenvalue weighted by atomic mass is 32.2. The normalized spacial score (nSPS) is 12.7. The minimum absolute atomic E-state index is 0.0770. The van der Waals surface area contributed by atoms with Gasteiger partial charge in [0.05, 0.1) is 17.7 Å². The molecule has 1 N–H and O–H groups in total. The first-order valence-corrected chi connectivity index (χ1v) is 15.0. The minimum atomic E-state index is -4.27. The van der Waals surface area contributed by atoms with Gasteiger partial charge in [-0.3, -0.25) is 13.9 Å². The van der Waals surface area contributed by atoms with Crippen molar-refractivity contribution < 1.29 is 27.1 Å². The molecule has 0 fully saturated rings. The first-order chi connectivity index (χ1) is 19.5. The highest BCUT2D eigenvalue weighted by Crippen LogP contribution is 2.26. The molecule has 0 heterocycles. The summed E-state index contributed by atoms with van der Waals surface area (Å²) in [6.45, 7) is 7.02. The zero-order valence-corrected chi connectivity index (χ0v) is 24.9. The molecule has 220 valence electrons. The third-order valence-corrected chi connectivity index (χ3v) is 8.69. The fraction of sp³-hybridized carbons (Fsp3) is 0.355. The van der Waals surface area contributed by atoms with Gasteiger partial charge in [0.15, 0.2) is 0 Å². The highest BCUT2D eigenvalue weighted by molar-refractivity contribution is 7.92. The number of nitrogens with one attached hydrogen (secondary N) is 1. The van der Waals surface area contributed by atoms with Gasteiger partial charge in [-0.25, -0.2) is 12.8 Å². The SMILES string of the molecule is CC[C@H](C)NC(=O)[C@H](CC)N(Cc1ccc(OC)cc1)C(=O)CN(c1ccc(C)cc1)S(=O)(=O)c1ccc(F)cc1. The largest absolute Gasteiger partial charge is 0.497 e. The van der Waals surface area contributed by atoms with Crippen molar-refractivity contribution in [1.29, 1.82) is 0 Å². The maximum Gasteiger partial charge on any atom is 0.264 e. The van der Waals surface area contributed by atoms with Crippen molar-refractivity contribution in [1.82, 2.24) is 10.2 Å². The van der Waals surface area contributed by atoms with Crippen molar-refractivity contribution >= 4 is 27.5 Å². The number of rotatable bonds is 13. The van der Waals surface area contributed by atoms with Gasteiger partial charge in [0, 0.05) is 12.6 Å². The second kappa shape index (κ2) is 14.1. The molecular weight excluding hydrogens is 545 g/mol. The van der Waals surface area contributed by atoms with Gasteiger partial charge in [-0.05, 0) is 80.8 Å². The summed E-state index contributed by atoms with van der Waals surface area (Å²) in [7, 11) is -2.71. The summed E-state index contributed by atoms with van der Waals surface area (Å²) < 4.78 is 47.5. The van der Waals surface area contributed by atoms with Crippen LogP contribution in [0, 0.1) is 12.7 Å². The molecule has 0 spiro atoms. The average Bonchev–Trinajstić information content (AvgIpc) is 2.96. The molecule has 0 bridgehead atoms. The Morgan fingerprint density at radius 1 is 0.927 bits per heavy atom. The van der Waals surface area contributed by atoms with E-state index in [0.29, 0.717) is 18.6 Å². The third-order valence-electron chi connectivity index (χ3n) is 6.90. The minimum Gasteiger partial charge on any atom is -0.497 e. The van der Waals surface area contributed by atoms with Gasteiger partial charge in [0.1, 0.15) is 24.2 Å². The van der Waals surface area contributed by atoms with Crippen LogP contribution in [0.25, 0.3) is 0 Å². The van der Waals surface area contributed by atoms with Crippen LogP contribution in [0.5, 0.6) is 5.75 Å². The van der Waals surface area contributed by atoms with Crippen LogP contribution in [-0.4, -0.2) is 50.9 Å². The topological polar surface area (TPSA) is 96.0 Å². The van der Waals surface area contributed by atoms with Gasteiger partial charge >= 0.3 is 0 Å². The van der Waals surface area contributed by atoms with E-state index in [1.54, 1.807) is 55.6 Å². The van der Waals surface area contributed by atoms with E-state index in [2.05, 4.69) is 5.32 Å². The van der Waals surface area contributed by atoms with E-state index in [9.17, 15) is 22.4 Å². The number of nitrogens with zero attached hydrogens (tertiary/aromatic N) is 2. The smallest absolute Gasteiger partial charge is 0.264 e. The van der Waals surface area contributed by atoms with Gasteiger partial charge in [-0.15, -0.1) is 0 Å². The molecule has 3 aromatic rings. The number of sulfonamides is 1. The molecule has 2 atom stereocenters. The summed E-state index contributed by atoms with van der Waals surface area (Å²) in [5, 5.41) is 2.95. The van der Waals surface area contributed by atoms with Crippen molar-refractivity contribution in [2.24, 2.45) is 0 Å². The summed E-state index contributed by atoms with van der Waals surface area (Å²) in [6.07, 6.45) is 1.03. The first kappa shape index (κ1) is 31.6. The zero-order valence-electron chi connectivity index (χ0n) is 24.1. The van der Waals surface area contributed by atoms with Crippen molar-refractivity contribution in [3.63, 3.8) is 0 Å². The Balaban J connectivity index is 2.05. The number of hydrogen-bond donors (Lipinski definition) is 1. The van der Waals surface area contributed by atoms with E-state index in [0.717, 1.165) is 27.6 Å². The lowest BCUT2D eigenvalue weighted by molar-refractivity contribution is -0.140. The molecule has 2 amide bonds. The van der Waals surface area contributed by atoms with E-state index in [1.165, 1.54) is 17.0 Å². The molecule has 3 aromatic carbocycles. The number of halogens is 1. The maximum atomic E-state index is 14.1. The molecular formula is C31H38FN3O5S. The first-order valence-electron chi connectivity index (χ1n) is 13.6. The fourth-order valence-electron chi connectivity index (χ4n) is 4.26.